The van der Waals surface area contributed by atoms with Crippen molar-refractivity contribution in [2.45, 2.75) is 52.9 Å². The van der Waals surface area contributed by atoms with Crippen LogP contribution in [-0.4, -0.2) is 16.7 Å². The lowest BCUT2D eigenvalue weighted by atomic mass is 9.94. The molecule has 1 heterocycles. The van der Waals surface area contributed by atoms with Crippen LogP contribution in [0.25, 0.3) is 0 Å². The summed E-state index contributed by atoms with van der Waals surface area (Å²) in [5.41, 5.74) is 5.77. The van der Waals surface area contributed by atoms with Gasteiger partial charge >= 0.3 is 0 Å². The number of rotatable bonds is 8. The molecule has 0 saturated heterocycles. The summed E-state index contributed by atoms with van der Waals surface area (Å²) in [4.78, 5) is 4.41. The van der Waals surface area contributed by atoms with E-state index < -0.39 is 0 Å². The van der Waals surface area contributed by atoms with Crippen molar-refractivity contribution in [3.8, 4) is 0 Å². The average Bonchev–Trinajstić information content (AvgIpc) is 2.72. The molecule has 0 amide bonds. The van der Waals surface area contributed by atoms with Crippen LogP contribution in [0.5, 0.6) is 0 Å². The van der Waals surface area contributed by atoms with Gasteiger partial charge in [-0.25, -0.2) is 0 Å². The summed E-state index contributed by atoms with van der Waals surface area (Å²) in [7, 11) is 0. The predicted molar refractivity (Wildman–Crippen MR) is 68.6 cm³/mol. The lowest BCUT2D eigenvalue weighted by Crippen LogP contribution is -2.19. The van der Waals surface area contributed by atoms with E-state index in [1.165, 1.54) is 0 Å². The van der Waals surface area contributed by atoms with E-state index in [-0.39, 0.29) is 0 Å². The van der Waals surface area contributed by atoms with E-state index in [2.05, 4.69) is 30.9 Å². The zero-order valence-corrected chi connectivity index (χ0v) is 11.3. The van der Waals surface area contributed by atoms with Crippen molar-refractivity contribution in [1.82, 2.24) is 10.1 Å². The molecule has 2 N–H and O–H groups in total. The summed E-state index contributed by atoms with van der Waals surface area (Å²) in [5, 5.41) is 3.99. The van der Waals surface area contributed by atoms with Crippen molar-refractivity contribution in [2.75, 3.05) is 6.54 Å². The molecule has 0 aliphatic carbocycles. The van der Waals surface area contributed by atoms with Crippen LogP contribution in [0.2, 0.25) is 0 Å². The van der Waals surface area contributed by atoms with Crippen LogP contribution in [0.15, 0.2) is 4.52 Å². The molecule has 1 aromatic heterocycles. The maximum Gasteiger partial charge on any atom is 0.226 e. The fraction of sp³-hybridized carbons (Fsp3) is 0.846. The average molecular weight is 239 g/mol. The smallest absolute Gasteiger partial charge is 0.226 e. The molecule has 4 nitrogen and oxygen atoms in total. The van der Waals surface area contributed by atoms with E-state index in [4.69, 9.17) is 10.3 Å². The van der Waals surface area contributed by atoms with Crippen LogP contribution in [0.1, 0.15) is 51.7 Å². The normalized spacial score (nSPS) is 13.2. The van der Waals surface area contributed by atoms with Crippen LogP contribution in [0.4, 0.5) is 0 Å². The first-order valence-corrected chi connectivity index (χ1v) is 6.67. The molecule has 0 saturated carbocycles. The topological polar surface area (TPSA) is 64.9 Å². The van der Waals surface area contributed by atoms with E-state index >= 15 is 0 Å². The fourth-order valence-electron chi connectivity index (χ4n) is 1.99. The minimum atomic E-state index is 0.453. The number of nitrogens with zero attached hydrogens (tertiary/aromatic N) is 2. The van der Waals surface area contributed by atoms with Gasteiger partial charge in [-0.05, 0) is 31.2 Å². The van der Waals surface area contributed by atoms with Gasteiger partial charge in [0.1, 0.15) is 0 Å². The molecule has 0 aliphatic heterocycles. The minimum Gasteiger partial charge on any atom is -0.339 e. The second kappa shape index (κ2) is 7.43. The van der Waals surface area contributed by atoms with Crippen LogP contribution in [-0.2, 0) is 12.8 Å². The molecular formula is C13H25N3O. The Kier molecular flexibility index (Phi) is 6.19. The zero-order valence-electron chi connectivity index (χ0n) is 11.3. The van der Waals surface area contributed by atoms with Crippen molar-refractivity contribution in [1.29, 1.82) is 0 Å². The van der Waals surface area contributed by atoms with Crippen molar-refractivity contribution >= 4 is 0 Å². The Morgan fingerprint density at radius 2 is 2.12 bits per heavy atom. The molecule has 0 aliphatic rings. The molecule has 1 unspecified atom stereocenters. The van der Waals surface area contributed by atoms with Gasteiger partial charge in [0.15, 0.2) is 5.82 Å². The number of nitrogens with two attached hydrogens (primary N) is 1. The highest BCUT2D eigenvalue weighted by Crippen LogP contribution is 2.15. The fourth-order valence-corrected chi connectivity index (χ4v) is 1.99. The summed E-state index contributed by atoms with van der Waals surface area (Å²) >= 11 is 0. The molecule has 1 rings (SSSR count). The standard InChI is InChI=1S/C13H25N3O/c1-4-5-6-12-15-13(17-16-12)8-11(9-14)7-10(2)3/h10-11H,4-9,14H2,1-3H3. The van der Waals surface area contributed by atoms with Gasteiger partial charge in [-0.1, -0.05) is 32.3 Å². The first kappa shape index (κ1) is 14.2. The van der Waals surface area contributed by atoms with E-state index in [1.807, 2.05) is 0 Å². The second-order valence-electron chi connectivity index (χ2n) is 5.14. The largest absolute Gasteiger partial charge is 0.339 e. The van der Waals surface area contributed by atoms with Gasteiger partial charge in [-0.2, -0.15) is 4.98 Å². The third kappa shape index (κ3) is 5.31. The van der Waals surface area contributed by atoms with Gasteiger partial charge in [-0.15, -0.1) is 0 Å². The van der Waals surface area contributed by atoms with Crippen LogP contribution in [0, 0.1) is 11.8 Å². The predicted octanol–water partition coefficient (Wildman–Crippen LogP) is 2.58. The molecule has 0 fully saturated rings. The Hall–Kier alpha value is -0.900. The lowest BCUT2D eigenvalue weighted by Gasteiger charge is -2.14. The van der Waals surface area contributed by atoms with Crippen molar-refractivity contribution < 1.29 is 4.52 Å². The van der Waals surface area contributed by atoms with Crippen LogP contribution >= 0.6 is 0 Å². The zero-order chi connectivity index (χ0) is 12.7. The Morgan fingerprint density at radius 3 is 2.71 bits per heavy atom. The van der Waals surface area contributed by atoms with Gasteiger partial charge in [0.05, 0.1) is 0 Å². The van der Waals surface area contributed by atoms with Gasteiger partial charge in [0.2, 0.25) is 5.89 Å². The Morgan fingerprint density at radius 1 is 1.35 bits per heavy atom. The van der Waals surface area contributed by atoms with Crippen molar-refractivity contribution in [2.24, 2.45) is 17.6 Å². The molecule has 0 bridgehead atoms. The lowest BCUT2D eigenvalue weighted by molar-refractivity contribution is 0.329. The number of hydrogen-bond acceptors (Lipinski definition) is 4. The minimum absolute atomic E-state index is 0.453. The van der Waals surface area contributed by atoms with Crippen LogP contribution in [0.3, 0.4) is 0 Å². The monoisotopic (exact) mass is 239 g/mol. The van der Waals surface area contributed by atoms with E-state index in [0.717, 1.165) is 43.8 Å². The summed E-state index contributed by atoms with van der Waals surface area (Å²) in [5.74, 6) is 2.69. The Labute approximate surface area is 104 Å². The molecule has 0 aromatic carbocycles. The van der Waals surface area contributed by atoms with Gasteiger partial charge < -0.3 is 10.3 Å². The highest BCUT2D eigenvalue weighted by molar-refractivity contribution is 4.88. The van der Waals surface area contributed by atoms with Gasteiger partial charge in [-0.3, -0.25) is 0 Å². The van der Waals surface area contributed by atoms with Crippen LogP contribution < -0.4 is 5.73 Å². The van der Waals surface area contributed by atoms with E-state index in [1.54, 1.807) is 0 Å². The highest BCUT2D eigenvalue weighted by atomic mass is 16.5. The highest BCUT2D eigenvalue weighted by Gasteiger charge is 2.14. The molecule has 98 valence electrons. The van der Waals surface area contributed by atoms with Crippen molar-refractivity contribution in [3.05, 3.63) is 11.7 Å². The summed E-state index contributed by atoms with van der Waals surface area (Å²) in [6.07, 6.45) is 5.11. The molecular weight excluding hydrogens is 214 g/mol. The number of hydrogen-bond donors (Lipinski definition) is 1. The first-order valence-electron chi connectivity index (χ1n) is 6.67. The van der Waals surface area contributed by atoms with E-state index in [9.17, 15) is 0 Å². The SMILES string of the molecule is CCCCc1noc(CC(CN)CC(C)C)n1. The summed E-state index contributed by atoms with van der Waals surface area (Å²) < 4.78 is 5.26. The first-order chi connectivity index (χ1) is 8.15. The number of aromatic nitrogens is 2. The quantitative estimate of drug-likeness (QED) is 0.757. The maximum atomic E-state index is 5.77. The summed E-state index contributed by atoms with van der Waals surface area (Å²) in [6, 6.07) is 0. The third-order valence-electron chi connectivity index (χ3n) is 2.87. The molecule has 1 aromatic rings. The molecule has 1 atom stereocenters. The molecule has 0 radical (unpaired) electrons. The maximum absolute atomic E-state index is 5.77. The second-order valence-corrected chi connectivity index (χ2v) is 5.14. The molecule has 4 heteroatoms. The Balaban J connectivity index is 2.46. The third-order valence-corrected chi connectivity index (χ3v) is 2.87. The van der Waals surface area contributed by atoms with Crippen molar-refractivity contribution in [3.63, 3.8) is 0 Å². The van der Waals surface area contributed by atoms with Gasteiger partial charge in [0, 0.05) is 12.8 Å². The summed E-state index contributed by atoms with van der Waals surface area (Å²) in [6.45, 7) is 7.27. The Bertz CT molecular complexity index is 309. The van der Waals surface area contributed by atoms with Gasteiger partial charge in [0.25, 0.3) is 0 Å². The number of aryl methyl sites for hydroxylation is 1. The number of unbranched alkanes of at least 4 members (excludes halogenated alkanes) is 1. The molecule has 0 spiro atoms. The van der Waals surface area contributed by atoms with E-state index in [0.29, 0.717) is 18.4 Å². The molecule has 17 heavy (non-hydrogen) atoms.